The summed E-state index contributed by atoms with van der Waals surface area (Å²) in [6.45, 7) is 0. The van der Waals surface area contributed by atoms with Crippen molar-refractivity contribution in [2.45, 2.75) is 12.8 Å². The number of aromatic amines is 2. The summed E-state index contributed by atoms with van der Waals surface area (Å²) in [5.41, 5.74) is 8.40. The van der Waals surface area contributed by atoms with Crippen molar-refractivity contribution in [1.82, 2.24) is 19.9 Å². The Balaban J connectivity index is 0.00000157. The first-order valence-corrected chi connectivity index (χ1v) is 8.14. The van der Waals surface area contributed by atoms with Crippen molar-refractivity contribution < 1.29 is 0 Å². The summed E-state index contributed by atoms with van der Waals surface area (Å²) in [6, 6.07) is 16.7. The molecule has 2 aliphatic rings. The Morgan fingerprint density at radius 3 is 1.52 bits per heavy atom. The molecule has 0 atom stereocenters. The third kappa shape index (κ3) is 3.39. The number of fused-ring (bicyclic) bond motifs is 8. The van der Waals surface area contributed by atoms with Crippen LogP contribution in [0.3, 0.4) is 0 Å². The van der Waals surface area contributed by atoms with Crippen molar-refractivity contribution in [2.24, 2.45) is 0 Å². The van der Waals surface area contributed by atoms with Gasteiger partial charge in [0.05, 0.1) is 11.4 Å². The third-order valence-corrected chi connectivity index (χ3v) is 4.32. The van der Waals surface area contributed by atoms with Gasteiger partial charge in [-0.3, -0.25) is 4.98 Å². The minimum atomic E-state index is 0. The number of nitrogens with one attached hydrogen (secondary N) is 2. The summed E-state index contributed by atoms with van der Waals surface area (Å²) in [6.07, 6.45) is 6.03. The Morgan fingerprint density at radius 2 is 1.04 bits per heavy atom. The summed E-state index contributed by atoms with van der Waals surface area (Å²) in [5, 5.41) is 0. The molecular weight excluding hydrogens is 415 g/mol. The Labute approximate surface area is 162 Å². The molecule has 5 heteroatoms. The van der Waals surface area contributed by atoms with Gasteiger partial charge in [-0.25, -0.2) is 4.98 Å². The molecule has 8 bridgehead atoms. The van der Waals surface area contributed by atoms with Gasteiger partial charge in [0.15, 0.2) is 0 Å². The maximum atomic E-state index is 4.75. The molecule has 5 heterocycles. The van der Waals surface area contributed by atoms with Crippen molar-refractivity contribution in [3.8, 4) is 0 Å². The zero-order valence-electron chi connectivity index (χ0n) is 13.8. The first kappa shape index (κ1) is 16.1. The van der Waals surface area contributed by atoms with Gasteiger partial charge in [-0.1, -0.05) is 0 Å². The van der Waals surface area contributed by atoms with Crippen LogP contribution in [0.1, 0.15) is 22.8 Å². The van der Waals surface area contributed by atoms with Gasteiger partial charge >= 0.3 is 23.9 Å². The van der Waals surface area contributed by atoms with Crippen molar-refractivity contribution in [2.75, 3.05) is 0 Å². The summed E-state index contributed by atoms with van der Waals surface area (Å²) in [4.78, 5) is 16.2. The molecule has 0 spiro atoms. The maximum absolute atomic E-state index is 4.75. The van der Waals surface area contributed by atoms with Crippen LogP contribution in [0, 0.1) is 0 Å². The van der Waals surface area contributed by atoms with Crippen molar-refractivity contribution >= 4 is 58.1 Å². The van der Waals surface area contributed by atoms with Gasteiger partial charge in [-0.15, -0.1) is 0 Å². The van der Waals surface area contributed by atoms with E-state index in [1.807, 2.05) is 12.2 Å². The van der Waals surface area contributed by atoms with E-state index in [0.29, 0.717) is 0 Å². The van der Waals surface area contributed by atoms with E-state index < -0.39 is 0 Å². The standard InChI is InChI=1S/C20H16N4.Sn.2H/c1-2-14-10-16-5-6-18(23-16)12-20-8-7-19(24-20)11-17-4-3-15(22-17)9-13(1)21-14;;;/h1-6,9-12,22-23H,7-8H2;;;. The van der Waals surface area contributed by atoms with Crippen LogP contribution in [0.5, 0.6) is 0 Å². The molecule has 2 radical (unpaired) electrons. The van der Waals surface area contributed by atoms with Gasteiger partial charge < -0.3 is 9.97 Å². The summed E-state index contributed by atoms with van der Waals surface area (Å²) in [7, 11) is 0. The van der Waals surface area contributed by atoms with Gasteiger partial charge in [-0.2, -0.15) is 0 Å². The van der Waals surface area contributed by atoms with E-state index in [1.165, 1.54) is 0 Å². The molecule has 4 nitrogen and oxygen atoms in total. The predicted octanol–water partition coefficient (Wildman–Crippen LogP) is 3.35. The Bertz CT molecular complexity index is 1040. The molecule has 3 aromatic heterocycles. The Hall–Kier alpha value is -2.34. The van der Waals surface area contributed by atoms with Crippen molar-refractivity contribution in [1.29, 1.82) is 0 Å². The first-order valence-electron chi connectivity index (χ1n) is 8.14. The van der Waals surface area contributed by atoms with Crippen LogP contribution in [-0.4, -0.2) is 43.8 Å². The van der Waals surface area contributed by atoms with Crippen LogP contribution in [0.4, 0.5) is 0 Å². The van der Waals surface area contributed by atoms with E-state index >= 15 is 0 Å². The second-order valence-corrected chi connectivity index (χ2v) is 6.20. The van der Waals surface area contributed by atoms with Gasteiger partial charge in [0, 0.05) is 33.5 Å². The van der Waals surface area contributed by atoms with E-state index in [4.69, 9.17) is 4.98 Å². The van der Waals surface area contributed by atoms with Gasteiger partial charge in [0.25, 0.3) is 0 Å². The molecule has 0 saturated carbocycles. The fraction of sp³-hybridized carbons (Fsp3) is 0.100. The second kappa shape index (κ2) is 6.52. The first-order chi connectivity index (χ1) is 11.8. The molecule has 0 aliphatic carbocycles. The summed E-state index contributed by atoms with van der Waals surface area (Å²) < 4.78 is 0. The van der Waals surface area contributed by atoms with E-state index in [9.17, 15) is 0 Å². The molecule has 0 saturated heterocycles. The van der Waals surface area contributed by atoms with Crippen molar-refractivity contribution in [3.05, 3.63) is 71.3 Å². The normalized spacial score (nSPS) is 12.8. The average molecular weight is 433 g/mol. The number of H-pyrrole nitrogens is 2. The summed E-state index contributed by atoms with van der Waals surface area (Å²) >= 11 is 0. The molecule has 0 fully saturated rings. The number of rotatable bonds is 0. The fourth-order valence-corrected chi connectivity index (χ4v) is 3.19. The Kier molecular flexibility index (Phi) is 4.21. The third-order valence-electron chi connectivity index (χ3n) is 4.32. The van der Waals surface area contributed by atoms with Crippen LogP contribution in [0.25, 0.3) is 34.2 Å². The number of aryl methyl sites for hydroxylation is 2. The molecule has 2 aliphatic heterocycles. The number of hydrogen-bond acceptors (Lipinski definition) is 2. The zero-order valence-corrected chi connectivity index (χ0v) is 17.8. The zero-order chi connectivity index (χ0) is 15.9. The van der Waals surface area contributed by atoms with E-state index in [0.717, 1.165) is 57.7 Å². The Morgan fingerprint density at radius 1 is 0.600 bits per heavy atom. The molecule has 2 N–H and O–H groups in total. The van der Waals surface area contributed by atoms with Crippen molar-refractivity contribution in [3.63, 3.8) is 0 Å². The number of hydrogen-bond donors (Lipinski definition) is 2. The van der Waals surface area contributed by atoms with Gasteiger partial charge in [-0.05, 0) is 73.5 Å². The van der Waals surface area contributed by atoms with E-state index in [-0.39, 0.29) is 23.9 Å². The monoisotopic (exact) mass is 434 g/mol. The molecule has 0 unspecified atom stereocenters. The van der Waals surface area contributed by atoms with Crippen LogP contribution in [0.15, 0.2) is 48.5 Å². The van der Waals surface area contributed by atoms with Gasteiger partial charge in [0.2, 0.25) is 0 Å². The van der Waals surface area contributed by atoms with E-state index in [2.05, 4.69) is 63.5 Å². The van der Waals surface area contributed by atoms with Crippen LogP contribution < -0.4 is 0 Å². The fourth-order valence-electron chi connectivity index (χ4n) is 3.19. The number of nitrogens with zero attached hydrogens (tertiary/aromatic N) is 2. The SMILES string of the molecule is C1=Cc2cc3ccc(cc4nc(cc5ccc(cc1n2)[nH]5)CC4)[nH]3.[SnH2]. The average Bonchev–Trinajstić information content (AvgIpc) is 3.32. The van der Waals surface area contributed by atoms with Gasteiger partial charge in [0.1, 0.15) is 0 Å². The molecule has 0 amide bonds. The van der Waals surface area contributed by atoms with E-state index in [1.54, 1.807) is 0 Å². The molecule has 0 aromatic carbocycles. The molecule has 3 aromatic rings. The molecule has 5 rings (SSSR count). The second-order valence-electron chi connectivity index (χ2n) is 6.20. The minimum absolute atomic E-state index is 0. The van der Waals surface area contributed by atoms with Crippen LogP contribution in [0.2, 0.25) is 0 Å². The number of aromatic nitrogens is 4. The summed E-state index contributed by atoms with van der Waals surface area (Å²) in [5.74, 6) is 0. The quantitative estimate of drug-likeness (QED) is 0.418. The van der Waals surface area contributed by atoms with Crippen LogP contribution >= 0.6 is 0 Å². The molecule has 122 valence electrons. The predicted molar refractivity (Wildman–Crippen MR) is 106 cm³/mol. The topological polar surface area (TPSA) is 57.4 Å². The molecule has 25 heavy (non-hydrogen) atoms. The molecular formula is C20H18N4Sn. The van der Waals surface area contributed by atoms with Crippen LogP contribution in [-0.2, 0) is 12.8 Å².